The molecular formula is C26H32N4O. The number of aromatic amines is 1. The Morgan fingerprint density at radius 1 is 0.968 bits per heavy atom. The van der Waals surface area contributed by atoms with E-state index in [0.717, 1.165) is 35.2 Å². The number of carbonyl (C=O) groups excluding carboxylic acids is 1. The van der Waals surface area contributed by atoms with Crippen LogP contribution < -0.4 is 16.8 Å². The van der Waals surface area contributed by atoms with Crippen LogP contribution in [-0.4, -0.2) is 29.5 Å². The third-order valence-electron chi connectivity index (χ3n) is 6.78. The van der Waals surface area contributed by atoms with Crippen LogP contribution in [0.25, 0.3) is 22.0 Å². The molecule has 6 N–H and O–H groups in total. The van der Waals surface area contributed by atoms with Crippen LogP contribution in [0.2, 0.25) is 0 Å². The van der Waals surface area contributed by atoms with Crippen molar-refractivity contribution in [2.45, 2.75) is 56.5 Å². The number of hydrogen-bond donors (Lipinski definition) is 4. The van der Waals surface area contributed by atoms with Crippen molar-refractivity contribution < 1.29 is 4.79 Å². The van der Waals surface area contributed by atoms with Crippen LogP contribution in [0.3, 0.4) is 0 Å². The Morgan fingerprint density at radius 3 is 2.42 bits per heavy atom. The van der Waals surface area contributed by atoms with Crippen LogP contribution in [-0.2, 0) is 0 Å². The molecule has 2 aliphatic rings. The summed E-state index contributed by atoms with van der Waals surface area (Å²) >= 11 is 0. The monoisotopic (exact) mass is 416 g/mol. The standard InChI is InChI=1S/C26H32N4O/c27-22(11-12-23(28)19-7-8-19)15-29-26(31)25-14-21-10-9-20(13-24(21)30-25)18-5-3-17(4-6-18)16-1-2-16/h3-6,9-10,13-14,16,19,22-23,30H,1-2,7-8,11-12,15,27-28H2,(H,29,31)/t22-,23?/m0/s1. The molecule has 1 aromatic heterocycles. The maximum absolute atomic E-state index is 12.6. The molecule has 2 saturated carbocycles. The van der Waals surface area contributed by atoms with Gasteiger partial charge in [0.25, 0.3) is 5.91 Å². The summed E-state index contributed by atoms with van der Waals surface area (Å²) in [6, 6.07) is 17.3. The molecule has 2 aliphatic carbocycles. The quantitative estimate of drug-likeness (QED) is 0.419. The number of fused-ring (bicyclic) bond motifs is 1. The molecule has 2 aromatic carbocycles. The topological polar surface area (TPSA) is 96.9 Å². The molecule has 5 nitrogen and oxygen atoms in total. The summed E-state index contributed by atoms with van der Waals surface area (Å²) in [5.74, 6) is 1.34. The molecule has 5 rings (SSSR count). The van der Waals surface area contributed by atoms with Gasteiger partial charge in [0.05, 0.1) is 0 Å². The van der Waals surface area contributed by atoms with E-state index in [1.54, 1.807) is 0 Å². The van der Waals surface area contributed by atoms with Crippen LogP contribution in [0.4, 0.5) is 0 Å². The fraction of sp³-hybridized carbons (Fsp3) is 0.423. The van der Waals surface area contributed by atoms with Crippen molar-refractivity contribution in [2.24, 2.45) is 17.4 Å². The summed E-state index contributed by atoms with van der Waals surface area (Å²) in [5.41, 5.74) is 17.7. The van der Waals surface area contributed by atoms with Crippen LogP contribution in [0.15, 0.2) is 48.5 Å². The minimum Gasteiger partial charge on any atom is -0.351 e. The highest BCUT2D eigenvalue weighted by molar-refractivity contribution is 5.98. The van der Waals surface area contributed by atoms with Crippen molar-refractivity contribution in [1.29, 1.82) is 0 Å². The first-order chi connectivity index (χ1) is 15.1. The molecule has 2 atom stereocenters. The van der Waals surface area contributed by atoms with Crippen molar-refractivity contribution in [3.63, 3.8) is 0 Å². The van der Waals surface area contributed by atoms with Gasteiger partial charge in [0.1, 0.15) is 5.69 Å². The summed E-state index contributed by atoms with van der Waals surface area (Å²) < 4.78 is 0. The first-order valence-corrected chi connectivity index (χ1v) is 11.6. The number of carbonyl (C=O) groups is 1. The van der Waals surface area contributed by atoms with E-state index >= 15 is 0 Å². The summed E-state index contributed by atoms with van der Waals surface area (Å²) in [4.78, 5) is 15.9. The highest BCUT2D eigenvalue weighted by Gasteiger charge is 2.28. The zero-order valence-corrected chi connectivity index (χ0v) is 17.9. The van der Waals surface area contributed by atoms with Gasteiger partial charge in [0.2, 0.25) is 0 Å². The minimum atomic E-state index is -0.117. The number of aromatic nitrogens is 1. The number of nitrogens with two attached hydrogens (primary N) is 2. The lowest BCUT2D eigenvalue weighted by Crippen LogP contribution is -2.38. The van der Waals surface area contributed by atoms with Gasteiger partial charge in [-0.2, -0.15) is 0 Å². The second-order valence-electron chi connectivity index (χ2n) is 9.43. The van der Waals surface area contributed by atoms with E-state index in [-0.39, 0.29) is 18.0 Å². The molecule has 3 aromatic rings. The molecular weight excluding hydrogens is 384 g/mol. The molecule has 1 heterocycles. The van der Waals surface area contributed by atoms with E-state index < -0.39 is 0 Å². The Bertz CT molecular complexity index is 1060. The Morgan fingerprint density at radius 2 is 1.71 bits per heavy atom. The van der Waals surface area contributed by atoms with Crippen LogP contribution >= 0.6 is 0 Å². The van der Waals surface area contributed by atoms with Crippen molar-refractivity contribution >= 4 is 16.8 Å². The Hall–Kier alpha value is -2.63. The molecule has 0 bridgehead atoms. The number of nitrogens with one attached hydrogen (secondary N) is 2. The number of benzene rings is 2. The average Bonchev–Trinajstić information content (AvgIpc) is 3.71. The summed E-state index contributed by atoms with van der Waals surface area (Å²) in [6.07, 6.45) is 6.91. The van der Waals surface area contributed by atoms with Gasteiger partial charge >= 0.3 is 0 Å². The first-order valence-electron chi connectivity index (χ1n) is 11.6. The summed E-state index contributed by atoms with van der Waals surface area (Å²) in [7, 11) is 0. The predicted molar refractivity (Wildman–Crippen MR) is 126 cm³/mol. The molecule has 0 aliphatic heterocycles. The van der Waals surface area contributed by atoms with Gasteiger partial charge in [-0.3, -0.25) is 4.79 Å². The maximum atomic E-state index is 12.6. The zero-order valence-electron chi connectivity index (χ0n) is 17.9. The van der Waals surface area contributed by atoms with Crippen LogP contribution in [0.1, 0.15) is 60.5 Å². The highest BCUT2D eigenvalue weighted by Crippen LogP contribution is 2.40. The van der Waals surface area contributed by atoms with Crippen LogP contribution in [0.5, 0.6) is 0 Å². The summed E-state index contributed by atoms with van der Waals surface area (Å²) in [6.45, 7) is 0.462. The normalized spacial score (nSPS) is 18.1. The van der Waals surface area contributed by atoms with Gasteiger partial charge < -0.3 is 21.8 Å². The van der Waals surface area contributed by atoms with Gasteiger partial charge in [-0.25, -0.2) is 0 Å². The Labute approximate surface area is 183 Å². The third-order valence-corrected chi connectivity index (χ3v) is 6.78. The lowest BCUT2D eigenvalue weighted by Gasteiger charge is -2.15. The SMILES string of the molecule is NC(CC[C@H](N)CNC(=O)c1cc2ccc(-c3ccc(C4CC4)cc3)cc2[nH]1)C1CC1. The molecule has 31 heavy (non-hydrogen) atoms. The van der Waals surface area contributed by atoms with E-state index in [1.807, 2.05) is 6.07 Å². The maximum Gasteiger partial charge on any atom is 0.267 e. The zero-order chi connectivity index (χ0) is 21.4. The second-order valence-corrected chi connectivity index (χ2v) is 9.43. The molecule has 0 spiro atoms. The molecule has 2 fully saturated rings. The smallest absolute Gasteiger partial charge is 0.267 e. The number of rotatable bonds is 9. The van der Waals surface area contributed by atoms with E-state index in [1.165, 1.54) is 36.8 Å². The molecule has 162 valence electrons. The second kappa shape index (κ2) is 8.48. The van der Waals surface area contributed by atoms with E-state index in [4.69, 9.17) is 11.5 Å². The molecule has 5 heteroatoms. The molecule has 0 saturated heterocycles. The number of amides is 1. The Kier molecular flexibility index (Phi) is 5.55. The number of hydrogen-bond acceptors (Lipinski definition) is 3. The van der Waals surface area contributed by atoms with Crippen molar-refractivity contribution in [1.82, 2.24) is 10.3 Å². The van der Waals surface area contributed by atoms with E-state index in [2.05, 4.69) is 52.8 Å². The lowest BCUT2D eigenvalue weighted by molar-refractivity contribution is 0.0946. The largest absolute Gasteiger partial charge is 0.351 e. The fourth-order valence-corrected chi connectivity index (χ4v) is 4.38. The lowest BCUT2D eigenvalue weighted by atomic mass is 10.0. The highest BCUT2D eigenvalue weighted by atomic mass is 16.1. The van der Waals surface area contributed by atoms with Crippen LogP contribution in [0, 0.1) is 5.92 Å². The fourth-order valence-electron chi connectivity index (χ4n) is 4.38. The van der Waals surface area contributed by atoms with Gasteiger partial charge in [0.15, 0.2) is 0 Å². The van der Waals surface area contributed by atoms with Crippen molar-refractivity contribution in [2.75, 3.05) is 6.54 Å². The van der Waals surface area contributed by atoms with Crippen molar-refractivity contribution in [3.8, 4) is 11.1 Å². The van der Waals surface area contributed by atoms with E-state index in [9.17, 15) is 4.79 Å². The van der Waals surface area contributed by atoms with Gasteiger partial charge in [-0.15, -0.1) is 0 Å². The van der Waals surface area contributed by atoms with Crippen molar-refractivity contribution in [3.05, 3.63) is 59.8 Å². The average molecular weight is 417 g/mol. The minimum absolute atomic E-state index is 0.0664. The third kappa shape index (κ3) is 4.83. The summed E-state index contributed by atoms with van der Waals surface area (Å²) in [5, 5.41) is 3.99. The number of H-pyrrole nitrogens is 1. The van der Waals surface area contributed by atoms with Gasteiger partial charge in [0, 0.05) is 29.5 Å². The molecule has 1 unspecified atom stereocenters. The molecule has 1 amide bonds. The predicted octanol–water partition coefficient (Wildman–Crippen LogP) is 4.29. The van der Waals surface area contributed by atoms with Gasteiger partial charge in [-0.1, -0.05) is 36.4 Å². The van der Waals surface area contributed by atoms with E-state index in [0.29, 0.717) is 18.2 Å². The molecule has 0 radical (unpaired) electrons. The van der Waals surface area contributed by atoms with Gasteiger partial charge in [-0.05, 0) is 79.2 Å². The first kappa shape index (κ1) is 20.3. The Balaban J connectivity index is 1.20.